The van der Waals surface area contributed by atoms with Crippen molar-refractivity contribution in [2.24, 2.45) is 0 Å². The summed E-state index contributed by atoms with van der Waals surface area (Å²) in [5.74, 6) is -0.337. The number of benzene rings is 2. The van der Waals surface area contributed by atoms with Crippen LogP contribution >= 0.6 is 11.6 Å². The third-order valence-electron chi connectivity index (χ3n) is 4.74. The van der Waals surface area contributed by atoms with E-state index in [1.807, 2.05) is 6.07 Å². The Bertz CT molecular complexity index is 716. The lowest BCUT2D eigenvalue weighted by molar-refractivity contribution is 0.612. The van der Waals surface area contributed by atoms with E-state index in [1.54, 1.807) is 18.2 Å². The summed E-state index contributed by atoms with van der Waals surface area (Å²) in [6.45, 7) is 3.09. The molecular formula is C18H18ClFN2. The first-order valence-corrected chi connectivity index (χ1v) is 8.16. The van der Waals surface area contributed by atoms with Crippen molar-refractivity contribution in [2.45, 2.75) is 18.9 Å². The highest BCUT2D eigenvalue weighted by atomic mass is 35.5. The Balaban J connectivity index is 1.76. The minimum Gasteiger partial charge on any atom is -0.367 e. The van der Waals surface area contributed by atoms with Crippen LogP contribution in [0.25, 0.3) is 11.1 Å². The first-order valence-electron chi connectivity index (χ1n) is 7.79. The molecule has 2 nitrogen and oxygen atoms in total. The molecule has 0 radical (unpaired) electrons. The van der Waals surface area contributed by atoms with Gasteiger partial charge in [-0.15, -0.1) is 0 Å². The van der Waals surface area contributed by atoms with E-state index in [4.69, 9.17) is 11.6 Å². The fourth-order valence-corrected chi connectivity index (χ4v) is 3.79. The number of fused-ring (bicyclic) bond motifs is 3. The molecule has 114 valence electrons. The van der Waals surface area contributed by atoms with E-state index in [1.165, 1.54) is 11.3 Å². The van der Waals surface area contributed by atoms with E-state index in [9.17, 15) is 4.39 Å². The van der Waals surface area contributed by atoms with Gasteiger partial charge in [-0.1, -0.05) is 35.9 Å². The summed E-state index contributed by atoms with van der Waals surface area (Å²) in [4.78, 5) is 2.47. The number of nitrogens with zero attached hydrogens (tertiary/aromatic N) is 1. The van der Waals surface area contributed by atoms with Crippen LogP contribution in [0.1, 0.15) is 12.0 Å². The van der Waals surface area contributed by atoms with Crippen molar-refractivity contribution in [2.75, 3.05) is 24.5 Å². The van der Waals surface area contributed by atoms with E-state index >= 15 is 0 Å². The number of rotatable bonds is 1. The van der Waals surface area contributed by atoms with Gasteiger partial charge in [-0.3, -0.25) is 0 Å². The van der Waals surface area contributed by atoms with Crippen molar-refractivity contribution in [3.8, 4) is 11.1 Å². The standard InChI is InChI=1S/C18H18ClFN2/c19-16-3-1-2-15(18(16)20)12-4-5-13-10-14-6-7-21-8-9-22(14)17(13)11-12/h1-5,11,14,21H,6-10H2. The molecule has 2 aliphatic rings. The second-order valence-corrected chi connectivity index (χ2v) is 6.44. The first kappa shape index (κ1) is 14.0. The van der Waals surface area contributed by atoms with Gasteiger partial charge in [0, 0.05) is 30.4 Å². The molecule has 4 rings (SSSR count). The van der Waals surface area contributed by atoms with Gasteiger partial charge in [-0.25, -0.2) is 4.39 Å². The minimum atomic E-state index is -0.337. The van der Waals surface area contributed by atoms with Gasteiger partial charge in [-0.05, 0) is 42.6 Å². The number of hydrogen-bond acceptors (Lipinski definition) is 2. The molecule has 2 aromatic rings. The van der Waals surface area contributed by atoms with Crippen molar-refractivity contribution < 1.29 is 4.39 Å². The van der Waals surface area contributed by atoms with Gasteiger partial charge in [0.1, 0.15) is 5.82 Å². The molecule has 1 saturated heterocycles. The molecule has 1 atom stereocenters. The Morgan fingerprint density at radius 1 is 1.18 bits per heavy atom. The van der Waals surface area contributed by atoms with Crippen LogP contribution < -0.4 is 10.2 Å². The van der Waals surface area contributed by atoms with Crippen LogP contribution in [0.2, 0.25) is 5.02 Å². The van der Waals surface area contributed by atoms with Crippen LogP contribution in [0.3, 0.4) is 0 Å². The van der Waals surface area contributed by atoms with E-state index in [2.05, 4.69) is 22.3 Å². The molecule has 0 spiro atoms. The highest BCUT2D eigenvalue weighted by molar-refractivity contribution is 6.31. The molecule has 1 N–H and O–H groups in total. The number of hydrogen-bond donors (Lipinski definition) is 1. The Labute approximate surface area is 134 Å². The number of halogens is 2. The molecule has 0 aromatic heterocycles. The second-order valence-electron chi connectivity index (χ2n) is 6.03. The first-order chi connectivity index (χ1) is 10.7. The SMILES string of the molecule is Fc1c(Cl)cccc1-c1ccc2c(c1)N1CCNCCC1C2. The molecule has 4 heteroatoms. The zero-order valence-electron chi connectivity index (χ0n) is 12.3. The fourth-order valence-electron chi connectivity index (χ4n) is 3.61. The van der Waals surface area contributed by atoms with Crippen LogP contribution in [0.15, 0.2) is 36.4 Å². The normalized spacial score (nSPS) is 20.5. The predicted octanol–water partition coefficient (Wildman–Crippen LogP) is 3.87. The van der Waals surface area contributed by atoms with E-state index in [-0.39, 0.29) is 10.8 Å². The fraction of sp³-hybridized carbons (Fsp3) is 0.333. The Morgan fingerprint density at radius 3 is 3.00 bits per heavy atom. The highest BCUT2D eigenvalue weighted by Gasteiger charge is 2.30. The summed E-state index contributed by atoms with van der Waals surface area (Å²) in [5, 5.41) is 3.63. The maximum absolute atomic E-state index is 14.3. The molecular weight excluding hydrogens is 299 g/mol. The maximum Gasteiger partial charge on any atom is 0.149 e. The van der Waals surface area contributed by atoms with Crippen molar-refractivity contribution in [1.82, 2.24) is 5.32 Å². The lowest BCUT2D eigenvalue weighted by atomic mass is 10.0. The van der Waals surface area contributed by atoms with Crippen molar-refractivity contribution in [3.63, 3.8) is 0 Å². The lowest BCUT2D eigenvalue weighted by Gasteiger charge is -2.25. The molecule has 22 heavy (non-hydrogen) atoms. The summed E-state index contributed by atoms with van der Waals surface area (Å²) in [7, 11) is 0. The van der Waals surface area contributed by atoms with Gasteiger partial charge < -0.3 is 10.2 Å². The zero-order chi connectivity index (χ0) is 15.1. The molecule has 2 aromatic carbocycles. The number of anilines is 1. The van der Waals surface area contributed by atoms with Crippen LogP contribution in [0, 0.1) is 5.82 Å². The van der Waals surface area contributed by atoms with Crippen molar-refractivity contribution >= 4 is 17.3 Å². The molecule has 0 saturated carbocycles. The van der Waals surface area contributed by atoms with Gasteiger partial charge in [-0.2, -0.15) is 0 Å². The molecule has 0 bridgehead atoms. The van der Waals surface area contributed by atoms with Crippen molar-refractivity contribution in [3.05, 3.63) is 52.8 Å². The predicted molar refractivity (Wildman–Crippen MR) is 89.2 cm³/mol. The van der Waals surface area contributed by atoms with E-state index < -0.39 is 0 Å². The monoisotopic (exact) mass is 316 g/mol. The lowest BCUT2D eigenvalue weighted by Crippen LogP contribution is -2.32. The van der Waals surface area contributed by atoms with Gasteiger partial charge in [0.15, 0.2) is 0 Å². The van der Waals surface area contributed by atoms with Crippen molar-refractivity contribution in [1.29, 1.82) is 0 Å². The van der Waals surface area contributed by atoms with Gasteiger partial charge in [0.05, 0.1) is 5.02 Å². The largest absolute Gasteiger partial charge is 0.367 e. The molecule has 0 aliphatic carbocycles. The summed E-state index contributed by atoms with van der Waals surface area (Å²) in [6, 6.07) is 12.0. The molecule has 0 amide bonds. The Hall–Kier alpha value is -1.58. The third kappa shape index (κ3) is 2.29. The molecule has 2 heterocycles. The molecule has 1 fully saturated rings. The van der Waals surface area contributed by atoms with Gasteiger partial charge in [0.2, 0.25) is 0 Å². The average Bonchev–Trinajstić information content (AvgIpc) is 2.71. The second kappa shape index (κ2) is 5.56. The topological polar surface area (TPSA) is 15.3 Å². The average molecular weight is 317 g/mol. The number of nitrogens with one attached hydrogen (secondary N) is 1. The minimum absolute atomic E-state index is 0.176. The molecule has 1 unspecified atom stereocenters. The highest BCUT2D eigenvalue weighted by Crippen LogP contribution is 2.38. The Morgan fingerprint density at radius 2 is 2.09 bits per heavy atom. The summed E-state index contributed by atoms with van der Waals surface area (Å²) in [5.41, 5.74) is 4.10. The maximum atomic E-state index is 14.3. The quantitative estimate of drug-likeness (QED) is 0.859. The van der Waals surface area contributed by atoms with Crippen LogP contribution in [-0.4, -0.2) is 25.7 Å². The van der Waals surface area contributed by atoms with E-state index in [0.29, 0.717) is 11.6 Å². The van der Waals surface area contributed by atoms with Crippen LogP contribution in [-0.2, 0) is 6.42 Å². The van der Waals surface area contributed by atoms with Gasteiger partial charge in [0.25, 0.3) is 0 Å². The van der Waals surface area contributed by atoms with Gasteiger partial charge >= 0.3 is 0 Å². The zero-order valence-corrected chi connectivity index (χ0v) is 13.0. The summed E-state index contributed by atoms with van der Waals surface area (Å²) >= 11 is 5.92. The van der Waals surface area contributed by atoms with E-state index in [0.717, 1.165) is 38.0 Å². The van der Waals surface area contributed by atoms with Crippen LogP contribution in [0.5, 0.6) is 0 Å². The Kier molecular flexibility index (Phi) is 3.55. The van der Waals surface area contributed by atoms with Crippen LogP contribution in [0.4, 0.5) is 10.1 Å². The molecule has 2 aliphatic heterocycles. The summed E-state index contributed by atoms with van der Waals surface area (Å²) < 4.78 is 14.3. The smallest absolute Gasteiger partial charge is 0.149 e. The summed E-state index contributed by atoms with van der Waals surface area (Å²) in [6.07, 6.45) is 2.25. The third-order valence-corrected chi connectivity index (χ3v) is 5.03.